The van der Waals surface area contributed by atoms with Crippen molar-refractivity contribution in [3.8, 4) is 0 Å². The van der Waals surface area contributed by atoms with E-state index in [1.807, 2.05) is 0 Å². The first-order valence-corrected chi connectivity index (χ1v) is 4.80. The van der Waals surface area contributed by atoms with Crippen molar-refractivity contribution < 1.29 is 23.5 Å². The van der Waals surface area contributed by atoms with Gasteiger partial charge in [-0.15, -0.1) is 0 Å². The monoisotopic (exact) mass is 243 g/mol. The van der Waals surface area contributed by atoms with E-state index < -0.39 is 29.4 Å². The van der Waals surface area contributed by atoms with Gasteiger partial charge in [-0.2, -0.15) is 0 Å². The number of carboxylic acids is 1. The van der Waals surface area contributed by atoms with Crippen LogP contribution in [0.5, 0.6) is 0 Å². The summed E-state index contributed by atoms with van der Waals surface area (Å²) >= 11 is 0. The van der Waals surface area contributed by atoms with Crippen LogP contribution < -0.4 is 4.90 Å². The van der Waals surface area contributed by atoms with E-state index in [0.717, 1.165) is 17.0 Å². The predicted octanol–water partition coefficient (Wildman–Crippen LogP) is 1.65. The summed E-state index contributed by atoms with van der Waals surface area (Å²) in [6.45, 7) is 1.20. The average Bonchev–Trinajstić information content (AvgIpc) is 2.26. The quantitative estimate of drug-likeness (QED) is 0.821. The number of aliphatic carboxylic acids is 1. The lowest BCUT2D eigenvalue weighted by Crippen LogP contribution is -2.35. The molecule has 1 amide bonds. The van der Waals surface area contributed by atoms with Gasteiger partial charge in [-0.3, -0.25) is 9.59 Å². The van der Waals surface area contributed by atoms with E-state index >= 15 is 0 Å². The van der Waals surface area contributed by atoms with Crippen LogP contribution in [-0.4, -0.2) is 24.0 Å². The Hall–Kier alpha value is -1.98. The molecule has 0 radical (unpaired) electrons. The molecule has 0 heterocycles. The van der Waals surface area contributed by atoms with Crippen LogP contribution in [0.25, 0.3) is 0 Å². The molecular weight excluding hydrogens is 232 g/mol. The number of rotatable bonds is 3. The van der Waals surface area contributed by atoms with Gasteiger partial charge in [-0.25, -0.2) is 8.78 Å². The summed E-state index contributed by atoms with van der Waals surface area (Å²) in [4.78, 5) is 23.1. The Morgan fingerprint density at radius 3 is 2.41 bits per heavy atom. The van der Waals surface area contributed by atoms with E-state index in [9.17, 15) is 18.4 Å². The summed E-state index contributed by atoms with van der Waals surface area (Å²) in [6, 6.07) is 2.70. The number of amides is 1. The summed E-state index contributed by atoms with van der Waals surface area (Å²) in [7, 11) is 1.23. The Bertz CT molecular complexity index is 462. The molecule has 0 aromatic heterocycles. The fraction of sp³-hybridized carbons (Fsp3) is 0.273. The van der Waals surface area contributed by atoms with Gasteiger partial charge in [0.2, 0.25) is 5.91 Å². The molecule has 1 unspecified atom stereocenters. The third-order valence-electron chi connectivity index (χ3n) is 2.34. The van der Waals surface area contributed by atoms with Crippen molar-refractivity contribution in [1.82, 2.24) is 0 Å². The Kier molecular flexibility index (Phi) is 3.77. The minimum Gasteiger partial charge on any atom is -0.481 e. The van der Waals surface area contributed by atoms with Crippen molar-refractivity contribution in [2.45, 2.75) is 6.92 Å². The molecular formula is C11H11F2NO3. The maximum Gasteiger partial charge on any atom is 0.315 e. The molecule has 1 atom stereocenters. The van der Waals surface area contributed by atoms with Crippen LogP contribution in [-0.2, 0) is 9.59 Å². The predicted molar refractivity (Wildman–Crippen MR) is 56.6 cm³/mol. The number of carbonyl (C=O) groups is 2. The molecule has 6 heteroatoms. The van der Waals surface area contributed by atoms with Crippen LogP contribution >= 0.6 is 0 Å². The molecule has 0 aliphatic heterocycles. The van der Waals surface area contributed by atoms with Crippen molar-refractivity contribution in [2.24, 2.45) is 5.92 Å². The van der Waals surface area contributed by atoms with Crippen molar-refractivity contribution in [3.63, 3.8) is 0 Å². The maximum atomic E-state index is 13.3. The minimum atomic E-state index is -1.30. The Morgan fingerprint density at radius 2 is 1.94 bits per heavy atom. The van der Waals surface area contributed by atoms with Crippen LogP contribution in [0.15, 0.2) is 18.2 Å². The Morgan fingerprint density at radius 1 is 1.35 bits per heavy atom. The van der Waals surface area contributed by atoms with Gasteiger partial charge in [-0.05, 0) is 19.1 Å². The third kappa shape index (κ3) is 2.77. The highest BCUT2D eigenvalue weighted by atomic mass is 19.1. The largest absolute Gasteiger partial charge is 0.481 e. The second-order valence-electron chi connectivity index (χ2n) is 3.55. The van der Waals surface area contributed by atoms with Crippen LogP contribution in [0.4, 0.5) is 14.5 Å². The van der Waals surface area contributed by atoms with Crippen LogP contribution in [0, 0.1) is 17.6 Å². The molecule has 1 aromatic rings. The first-order valence-electron chi connectivity index (χ1n) is 4.80. The topological polar surface area (TPSA) is 57.6 Å². The van der Waals surface area contributed by atoms with Crippen molar-refractivity contribution in [1.29, 1.82) is 0 Å². The lowest BCUT2D eigenvalue weighted by Gasteiger charge is -2.20. The lowest BCUT2D eigenvalue weighted by molar-refractivity contribution is -0.145. The number of nitrogens with zero attached hydrogens (tertiary/aromatic N) is 1. The van der Waals surface area contributed by atoms with Gasteiger partial charge < -0.3 is 10.0 Å². The molecule has 0 spiro atoms. The van der Waals surface area contributed by atoms with E-state index in [1.165, 1.54) is 14.0 Å². The molecule has 0 aliphatic carbocycles. The number of anilines is 1. The third-order valence-corrected chi connectivity index (χ3v) is 2.34. The van der Waals surface area contributed by atoms with Gasteiger partial charge >= 0.3 is 5.97 Å². The normalized spacial score (nSPS) is 12.0. The lowest BCUT2D eigenvalue weighted by atomic mass is 10.1. The summed E-state index contributed by atoms with van der Waals surface area (Å²) < 4.78 is 26.0. The van der Waals surface area contributed by atoms with Crippen LogP contribution in [0.3, 0.4) is 0 Å². The molecule has 92 valence electrons. The van der Waals surface area contributed by atoms with E-state index in [4.69, 9.17) is 5.11 Å². The van der Waals surface area contributed by atoms with Gasteiger partial charge in [0, 0.05) is 13.1 Å². The molecule has 0 aliphatic rings. The molecule has 17 heavy (non-hydrogen) atoms. The average molecular weight is 243 g/mol. The second kappa shape index (κ2) is 4.90. The van der Waals surface area contributed by atoms with Gasteiger partial charge in [0.25, 0.3) is 0 Å². The number of carboxylic acid groups (broad SMARTS) is 1. The summed E-state index contributed by atoms with van der Waals surface area (Å²) in [5.74, 6) is -5.05. The smallest absolute Gasteiger partial charge is 0.315 e. The first-order chi connectivity index (χ1) is 7.84. The van der Waals surface area contributed by atoms with Gasteiger partial charge in [0.1, 0.15) is 17.6 Å². The maximum absolute atomic E-state index is 13.3. The summed E-state index contributed by atoms with van der Waals surface area (Å²) in [5, 5.41) is 8.66. The van der Waals surface area contributed by atoms with E-state index in [2.05, 4.69) is 0 Å². The van der Waals surface area contributed by atoms with Gasteiger partial charge in [0.15, 0.2) is 0 Å². The molecule has 0 saturated heterocycles. The molecule has 1 N–H and O–H groups in total. The number of carbonyl (C=O) groups excluding carboxylic acids is 1. The zero-order valence-electron chi connectivity index (χ0n) is 9.28. The van der Waals surface area contributed by atoms with Gasteiger partial charge in [-0.1, -0.05) is 0 Å². The highest BCUT2D eigenvalue weighted by molar-refractivity contribution is 6.05. The molecule has 4 nitrogen and oxygen atoms in total. The summed E-state index contributed by atoms with van der Waals surface area (Å²) in [6.07, 6.45) is 0. The van der Waals surface area contributed by atoms with E-state index in [1.54, 1.807) is 0 Å². The Labute approximate surface area is 96.5 Å². The highest BCUT2D eigenvalue weighted by Crippen LogP contribution is 2.20. The molecule has 0 bridgehead atoms. The highest BCUT2D eigenvalue weighted by Gasteiger charge is 2.26. The second-order valence-corrected chi connectivity index (χ2v) is 3.55. The zero-order chi connectivity index (χ0) is 13.2. The standard InChI is InChI=1S/C11H11F2NO3/c1-6(11(16)17)10(15)14(2)9-4-3-7(12)5-8(9)13/h3-6H,1-2H3,(H,16,17). The fourth-order valence-corrected chi connectivity index (χ4v) is 1.27. The Balaban J connectivity index is 3.00. The van der Waals surface area contributed by atoms with Crippen LogP contribution in [0.2, 0.25) is 0 Å². The van der Waals surface area contributed by atoms with E-state index in [-0.39, 0.29) is 5.69 Å². The molecule has 1 rings (SSSR count). The fourth-order valence-electron chi connectivity index (χ4n) is 1.27. The van der Waals surface area contributed by atoms with Crippen molar-refractivity contribution in [2.75, 3.05) is 11.9 Å². The molecule has 0 saturated carbocycles. The van der Waals surface area contributed by atoms with Crippen molar-refractivity contribution >= 4 is 17.6 Å². The number of benzene rings is 1. The number of halogens is 2. The van der Waals surface area contributed by atoms with E-state index in [0.29, 0.717) is 6.07 Å². The van der Waals surface area contributed by atoms with Crippen LogP contribution in [0.1, 0.15) is 6.92 Å². The number of hydrogen-bond donors (Lipinski definition) is 1. The zero-order valence-corrected chi connectivity index (χ0v) is 9.28. The number of hydrogen-bond acceptors (Lipinski definition) is 2. The molecule has 1 aromatic carbocycles. The minimum absolute atomic E-state index is 0.162. The summed E-state index contributed by atoms with van der Waals surface area (Å²) in [5.41, 5.74) is -0.162. The first kappa shape index (κ1) is 13.1. The molecule has 0 fully saturated rings. The SMILES string of the molecule is CC(C(=O)O)C(=O)N(C)c1ccc(F)cc1F. The van der Waals surface area contributed by atoms with Gasteiger partial charge in [0.05, 0.1) is 5.69 Å². The van der Waals surface area contributed by atoms with Crippen molar-refractivity contribution in [3.05, 3.63) is 29.8 Å².